The SMILES string of the molecule is CC(C)(C)OC(=O)C(C)(C)Sc1nc(CCOc2ccc(NC(=O)c3ccc(F)cc3)cc2)cs1. The van der Waals surface area contributed by atoms with Crippen molar-refractivity contribution in [1.82, 2.24) is 4.98 Å². The summed E-state index contributed by atoms with van der Waals surface area (Å²) < 4.78 is 24.4. The monoisotopic (exact) mass is 516 g/mol. The van der Waals surface area contributed by atoms with E-state index in [-0.39, 0.29) is 17.7 Å². The van der Waals surface area contributed by atoms with Gasteiger partial charge in [-0.1, -0.05) is 11.8 Å². The number of amides is 1. The largest absolute Gasteiger partial charge is 0.493 e. The molecule has 1 heterocycles. The van der Waals surface area contributed by atoms with Gasteiger partial charge in [0.05, 0.1) is 12.3 Å². The Morgan fingerprint density at radius 1 is 1.03 bits per heavy atom. The van der Waals surface area contributed by atoms with Gasteiger partial charge in [-0.25, -0.2) is 9.37 Å². The van der Waals surface area contributed by atoms with Crippen LogP contribution in [0.15, 0.2) is 58.3 Å². The predicted octanol–water partition coefficient (Wildman–Crippen LogP) is 6.37. The first-order valence-electron chi connectivity index (χ1n) is 11.1. The molecule has 3 aromatic rings. The number of nitrogens with one attached hydrogen (secondary N) is 1. The summed E-state index contributed by atoms with van der Waals surface area (Å²) in [6, 6.07) is 12.4. The lowest BCUT2D eigenvalue weighted by Gasteiger charge is -2.27. The highest BCUT2D eigenvalue weighted by atomic mass is 32.2. The maximum absolute atomic E-state index is 13.0. The molecule has 0 spiro atoms. The molecule has 186 valence electrons. The molecule has 35 heavy (non-hydrogen) atoms. The van der Waals surface area contributed by atoms with Gasteiger partial charge in [-0.05, 0) is 83.1 Å². The zero-order valence-electron chi connectivity index (χ0n) is 20.4. The second-order valence-corrected chi connectivity index (χ2v) is 12.0. The van der Waals surface area contributed by atoms with Gasteiger partial charge in [0.25, 0.3) is 5.91 Å². The lowest BCUT2D eigenvalue weighted by molar-refractivity contribution is -0.156. The number of nitrogens with zero attached hydrogens (tertiary/aromatic N) is 1. The number of carbonyl (C=O) groups excluding carboxylic acids is 2. The Hall–Kier alpha value is -2.91. The smallest absolute Gasteiger partial charge is 0.322 e. The van der Waals surface area contributed by atoms with Gasteiger partial charge in [0.1, 0.15) is 21.9 Å². The summed E-state index contributed by atoms with van der Waals surface area (Å²) in [4.78, 5) is 29.3. The summed E-state index contributed by atoms with van der Waals surface area (Å²) in [6.45, 7) is 9.66. The molecule has 0 saturated heterocycles. The van der Waals surface area contributed by atoms with Gasteiger partial charge >= 0.3 is 5.97 Å². The molecule has 3 rings (SSSR count). The van der Waals surface area contributed by atoms with Crippen LogP contribution >= 0.6 is 23.1 Å². The molecule has 6 nitrogen and oxygen atoms in total. The van der Waals surface area contributed by atoms with Gasteiger partial charge in [0.2, 0.25) is 0 Å². The maximum Gasteiger partial charge on any atom is 0.322 e. The summed E-state index contributed by atoms with van der Waals surface area (Å²) in [7, 11) is 0. The number of ether oxygens (including phenoxy) is 2. The number of thiazole rings is 1. The quantitative estimate of drug-likeness (QED) is 0.263. The van der Waals surface area contributed by atoms with Crippen LogP contribution in [0.25, 0.3) is 0 Å². The summed E-state index contributed by atoms with van der Waals surface area (Å²) in [6.07, 6.45) is 0.618. The van der Waals surface area contributed by atoms with Crippen LogP contribution in [0.3, 0.4) is 0 Å². The average molecular weight is 517 g/mol. The minimum atomic E-state index is -0.743. The van der Waals surface area contributed by atoms with Crippen LogP contribution in [0, 0.1) is 5.82 Å². The third-order valence-electron chi connectivity index (χ3n) is 4.61. The Kier molecular flexibility index (Phi) is 8.56. The molecule has 2 aromatic carbocycles. The van der Waals surface area contributed by atoms with E-state index in [1.807, 2.05) is 40.0 Å². The first kappa shape index (κ1) is 26.7. The van der Waals surface area contributed by atoms with E-state index >= 15 is 0 Å². The van der Waals surface area contributed by atoms with E-state index < -0.39 is 10.3 Å². The van der Waals surface area contributed by atoms with Crippen LogP contribution in [-0.4, -0.2) is 33.8 Å². The molecule has 0 saturated carbocycles. The summed E-state index contributed by atoms with van der Waals surface area (Å²) in [5, 5.41) is 4.73. The minimum absolute atomic E-state index is 0.271. The van der Waals surface area contributed by atoms with Crippen molar-refractivity contribution in [2.75, 3.05) is 11.9 Å². The van der Waals surface area contributed by atoms with Crippen molar-refractivity contribution >= 4 is 40.7 Å². The van der Waals surface area contributed by atoms with Gasteiger partial charge < -0.3 is 14.8 Å². The Morgan fingerprint density at radius 3 is 2.31 bits per heavy atom. The maximum atomic E-state index is 13.0. The van der Waals surface area contributed by atoms with E-state index in [4.69, 9.17) is 9.47 Å². The molecule has 0 aliphatic heterocycles. The molecule has 1 aromatic heterocycles. The highest BCUT2D eigenvalue weighted by Crippen LogP contribution is 2.36. The Bertz CT molecular complexity index is 1150. The van der Waals surface area contributed by atoms with Gasteiger partial charge in [-0.3, -0.25) is 9.59 Å². The van der Waals surface area contributed by atoms with Gasteiger partial charge in [0, 0.05) is 23.1 Å². The van der Waals surface area contributed by atoms with Crippen LogP contribution in [0.4, 0.5) is 10.1 Å². The second kappa shape index (κ2) is 11.2. The molecule has 0 fully saturated rings. The number of rotatable bonds is 9. The summed E-state index contributed by atoms with van der Waals surface area (Å²) in [5.74, 6) is -0.306. The van der Waals surface area contributed by atoms with Crippen molar-refractivity contribution < 1.29 is 23.5 Å². The zero-order chi connectivity index (χ0) is 25.6. The van der Waals surface area contributed by atoms with E-state index in [2.05, 4.69) is 10.3 Å². The number of esters is 1. The van der Waals surface area contributed by atoms with Crippen molar-refractivity contribution in [3.05, 3.63) is 71.0 Å². The first-order chi connectivity index (χ1) is 16.4. The number of halogens is 1. The Morgan fingerprint density at radius 2 is 1.69 bits per heavy atom. The molecule has 0 bridgehead atoms. The molecule has 0 atom stereocenters. The van der Waals surface area contributed by atoms with Crippen molar-refractivity contribution in [3.63, 3.8) is 0 Å². The Labute approximate surface area is 213 Å². The standard InChI is InChI=1S/C26H29FN2O4S2/c1-25(2,3)33-23(31)26(4,5)35-24-29-20(16-34-24)14-15-32-21-12-10-19(11-13-21)28-22(30)17-6-8-18(27)9-7-17/h6-13,16H,14-15H2,1-5H3,(H,28,30). The van der Waals surface area contributed by atoms with Crippen molar-refractivity contribution in [2.24, 2.45) is 0 Å². The number of benzene rings is 2. The molecule has 9 heteroatoms. The molecular weight excluding hydrogens is 487 g/mol. The highest BCUT2D eigenvalue weighted by Gasteiger charge is 2.34. The van der Waals surface area contributed by atoms with E-state index in [9.17, 15) is 14.0 Å². The van der Waals surface area contributed by atoms with E-state index in [1.54, 1.807) is 24.3 Å². The molecule has 0 aliphatic carbocycles. The molecule has 0 aliphatic rings. The molecular formula is C26H29FN2O4S2. The van der Waals surface area contributed by atoms with Gasteiger partial charge in [-0.2, -0.15) is 0 Å². The summed E-state index contributed by atoms with van der Waals surface area (Å²) >= 11 is 2.88. The number of hydrogen-bond donors (Lipinski definition) is 1. The number of anilines is 1. The number of hydrogen-bond acceptors (Lipinski definition) is 7. The molecule has 1 amide bonds. The van der Waals surface area contributed by atoms with E-state index in [0.29, 0.717) is 30.0 Å². The lowest BCUT2D eigenvalue weighted by atomic mass is 10.1. The topological polar surface area (TPSA) is 77.5 Å². The van der Waals surface area contributed by atoms with Crippen LogP contribution in [-0.2, 0) is 16.0 Å². The molecule has 0 radical (unpaired) electrons. The lowest BCUT2D eigenvalue weighted by Crippen LogP contribution is -2.36. The van der Waals surface area contributed by atoms with E-state index in [1.165, 1.54) is 47.4 Å². The average Bonchev–Trinajstić information content (AvgIpc) is 3.20. The summed E-state index contributed by atoms with van der Waals surface area (Å²) in [5.41, 5.74) is 1.34. The van der Waals surface area contributed by atoms with E-state index in [0.717, 1.165) is 10.0 Å². The van der Waals surface area contributed by atoms with Crippen molar-refractivity contribution in [2.45, 2.75) is 55.7 Å². The van der Waals surface area contributed by atoms with Crippen molar-refractivity contribution in [1.29, 1.82) is 0 Å². The van der Waals surface area contributed by atoms with Crippen LogP contribution in [0.1, 0.15) is 50.7 Å². The fourth-order valence-electron chi connectivity index (χ4n) is 2.82. The van der Waals surface area contributed by atoms with Gasteiger partial charge in [-0.15, -0.1) is 11.3 Å². The van der Waals surface area contributed by atoms with Gasteiger partial charge in [0.15, 0.2) is 4.34 Å². The highest BCUT2D eigenvalue weighted by molar-refractivity contribution is 8.03. The van der Waals surface area contributed by atoms with Crippen LogP contribution < -0.4 is 10.1 Å². The number of aromatic nitrogens is 1. The van der Waals surface area contributed by atoms with Crippen LogP contribution in [0.5, 0.6) is 5.75 Å². The zero-order valence-corrected chi connectivity index (χ0v) is 22.0. The third kappa shape index (κ3) is 8.36. The predicted molar refractivity (Wildman–Crippen MR) is 138 cm³/mol. The number of carbonyl (C=O) groups is 2. The minimum Gasteiger partial charge on any atom is -0.493 e. The van der Waals surface area contributed by atoms with Crippen molar-refractivity contribution in [3.8, 4) is 5.75 Å². The Balaban J connectivity index is 1.46. The first-order valence-corrected chi connectivity index (χ1v) is 12.8. The molecule has 0 unspecified atom stereocenters. The van der Waals surface area contributed by atoms with Crippen LogP contribution in [0.2, 0.25) is 0 Å². The number of thioether (sulfide) groups is 1. The normalized spacial score (nSPS) is 11.7. The third-order valence-corrected chi connectivity index (χ3v) is 6.77. The fraction of sp³-hybridized carbons (Fsp3) is 0.346. The second-order valence-electron chi connectivity index (χ2n) is 9.30. The fourth-order valence-corrected chi connectivity index (χ4v) is 5.09. The molecule has 1 N–H and O–H groups in total.